The fourth-order valence-corrected chi connectivity index (χ4v) is 3.52. The first-order valence-corrected chi connectivity index (χ1v) is 6.64. The Kier molecular flexibility index (Phi) is 2.60. The molecule has 5 heteroatoms. The summed E-state index contributed by atoms with van der Waals surface area (Å²) >= 11 is 0. The first-order valence-electron chi connectivity index (χ1n) is 5.03. The summed E-state index contributed by atoms with van der Waals surface area (Å²) in [7, 11) is -3.50. The van der Waals surface area contributed by atoms with Crippen molar-refractivity contribution in [2.75, 3.05) is 10.1 Å². The molecule has 0 aliphatic carbocycles. The molecular formula is C11H12N2O2S. The molecule has 0 radical (unpaired) electrons. The fraction of sp³-hybridized carbons (Fsp3) is 0.364. The van der Waals surface area contributed by atoms with Crippen LogP contribution in [0.1, 0.15) is 12.5 Å². The summed E-state index contributed by atoms with van der Waals surface area (Å²) in [5, 5.41) is 8.54. The second-order valence-electron chi connectivity index (χ2n) is 3.89. The van der Waals surface area contributed by atoms with E-state index in [0.717, 1.165) is 5.56 Å². The van der Waals surface area contributed by atoms with Crippen molar-refractivity contribution < 1.29 is 8.42 Å². The third-order valence-corrected chi connectivity index (χ3v) is 4.34. The molecule has 0 saturated carbocycles. The maximum atomic E-state index is 11.9. The highest BCUT2D eigenvalue weighted by Gasteiger charge is 2.34. The number of anilines is 1. The molecule has 0 aromatic heterocycles. The molecule has 1 aliphatic heterocycles. The van der Waals surface area contributed by atoms with Crippen molar-refractivity contribution in [3.8, 4) is 6.07 Å². The number of sulfonamides is 1. The number of hydrogen-bond donors (Lipinski definition) is 0. The van der Waals surface area contributed by atoms with Crippen LogP contribution >= 0.6 is 0 Å². The Morgan fingerprint density at radius 1 is 1.50 bits per heavy atom. The number of nitriles is 1. The third-order valence-electron chi connectivity index (χ3n) is 2.69. The van der Waals surface area contributed by atoms with Gasteiger partial charge in [-0.1, -0.05) is 18.2 Å². The number of benzene rings is 1. The van der Waals surface area contributed by atoms with E-state index in [1.807, 2.05) is 25.1 Å². The van der Waals surface area contributed by atoms with Crippen molar-refractivity contribution in [1.29, 1.82) is 5.26 Å². The first-order chi connectivity index (χ1) is 7.56. The molecule has 1 heterocycles. The average Bonchev–Trinajstić information content (AvgIpc) is 2.53. The van der Waals surface area contributed by atoms with Gasteiger partial charge in [-0.15, -0.1) is 0 Å². The lowest BCUT2D eigenvalue weighted by molar-refractivity contribution is 0.587. The summed E-state index contributed by atoms with van der Waals surface area (Å²) < 4.78 is 25.2. The standard InChI is InChI=1S/C11H12N2O2S/c1-9-8-10-4-2-3-5-11(10)13(9)16(14,15)7-6-12/h2-5,9H,7-8H2,1H3. The molecule has 1 aliphatic rings. The summed E-state index contributed by atoms with van der Waals surface area (Å²) in [5.41, 5.74) is 1.74. The van der Waals surface area contributed by atoms with Gasteiger partial charge in [-0.25, -0.2) is 8.42 Å². The average molecular weight is 236 g/mol. The number of para-hydroxylation sites is 1. The summed E-state index contributed by atoms with van der Waals surface area (Å²) in [6.45, 7) is 1.86. The van der Waals surface area contributed by atoms with Crippen LogP contribution < -0.4 is 4.31 Å². The molecule has 1 aromatic carbocycles. The van der Waals surface area contributed by atoms with E-state index in [2.05, 4.69) is 0 Å². The Labute approximate surface area is 95.2 Å². The zero-order valence-electron chi connectivity index (χ0n) is 8.92. The van der Waals surface area contributed by atoms with Gasteiger partial charge >= 0.3 is 0 Å². The van der Waals surface area contributed by atoms with Crippen molar-refractivity contribution in [2.45, 2.75) is 19.4 Å². The lowest BCUT2D eigenvalue weighted by atomic mass is 10.1. The Morgan fingerprint density at radius 3 is 2.88 bits per heavy atom. The van der Waals surface area contributed by atoms with E-state index >= 15 is 0 Å². The molecule has 0 amide bonds. The van der Waals surface area contributed by atoms with Gasteiger partial charge in [0, 0.05) is 6.04 Å². The zero-order chi connectivity index (χ0) is 11.8. The van der Waals surface area contributed by atoms with Gasteiger partial charge in [-0.05, 0) is 25.0 Å². The maximum absolute atomic E-state index is 11.9. The van der Waals surface area contributed by atoms with Gasteiger partial charge in [-0.3, -0.25) is 4.31 Å². The number of nitrogens with zero attached hydrogens (tertiary/aromatic N) is 2. The van der Waals surface area contributed by atoms with Crippen LogP contribution in [0, 0.1) is 11.3 Å². The minimum Gasteiger partial charge on any atom is -0.266 e. The molecule has 0 saturated heterocycles. The normalized spacial score (nSPS) is 19.2. The monoisotopic (exact) mass is 236 g/mol. The van der Waals surface area contributed by atoms with Gasteiger partial charge in [0.05, 0.1) is 11.8 Å². The molecule has 0 bridgehead atoms. The van der Waals surface area contributed by atoms with E-state index in [1.165, 1.54) is 4.31 Å². The van der Waals surface area contributed by atoms with Gasteiger partial charge in [0.15, 0.2) is 5.75 Å². The van der Waals surface area contributed by atoms with Crippen LogP contribution in [0.5, 0.6) is 0 Å². The van der Waals surface area contributed by atoms with Gasteiger partial charge in [0.1, 0.15) is 0 Å². The summed E-state index contributed by atoms with van der Waals surface area (Å²) in [6.07, 6.45) is 0.709. The van der Waals surface area contributed by atoms with E-state index in [1.54, 1.807) is 12.1 Å². The van der Waals surface area contributed by atoms with Crippen molar-refractivity contribution in [1.82, 2.24) is 0 Å². The predicted molar refractivity (Wildman–Crippen MR) is 61.5 cm³/mol. The quantitative estimate of drug-likeness (QED) is 0.777. The lowest BCUT2D eigenvalue weighted by Crippen LogP contribution is -2.37. The van der Waals surface area contributed by atoms with E-state index in [0.29, 0.717) is 12.1 Å². The fourth-order valence-electron chi connectivity index (χ4n) is 2.11. The molecule has 0 fully saturated rings. The highest BCUT2D eigenvalue weighted by Crippen LogP contribution is 2.34. The number of hydrogen-bond acceptors (Lipinski definition) is 3. The minimum absolute atomic E-state index is 0.101. The molecule has 1 unspecified atom stereocenters. The van der Waals surface area contributed by atoms with Gasteiger partial charge in [0.2, 0.25) is 10.0 Å². The van der Waals surface area contributed by atoms with Crippen molar-refractivity contribution >= 4 is 15.7 Å². The molecule has 2 rings (SSSR count). The van der Waals surface area contributed by atoms with E-state index in [-0.39, 0.29) is 6.04 Å². The summed E-state index contributed by atoms with van der Waals surface area (Å²) in [4.78, 5) is 0. The van der Waals surface area contributed by atoms with E-state index in [9.17, 15) is 8.42 Å². The Morgan fingerprint density at radius 2 is 2.19 bits per heavy atom. The second-order valence-corrected chi connectivity index (χ2v) is 5.74. The topological polar surface area (TPSA) is 61.2 Å². The van der Waals surface area contributed by atoms with Crippen LogP contribution in [0.3, 0.4) is 0 Å². The van der Waals surface area contributed by atoms with Crippen LogP contribution in [0.4, 0.5) is 5.69 Å². The Bertz CT molecular complexity index is 545. The van der Waals surface area contributed by atoms with E-state index < -0.39 is 15.8 Å². The SMILES string of the molecule is CC1Cc2ccccc2N1S(=O)(=O)CC#N. The van der Waals surface area contributed by atoms with Crippen LogP contribution in [-0.2, 0) is 16.4 Å². The Hall–Kier alpha value is -1.54. The van der Waals surface area contributed by atoms with Gasteiger partial charge in [-0.2, -0.15) is 5.26 Å². The number of fused-ring (bicyclic) bond motifs is 1. The maximum Gasteiger partial charge on any atom is 0.248 e. The van der Waals surface area contributed by atoms with Gasteiger partial charge < -0.3 is 0 Å². The van der Waals surface area contributed by atoms with Crippen molar-refractivity contribution in [3.05, 3.63) is 29.8 Å². The minimum atomic E-state index is -3.50. The molecule has 84 valence electrons. The lowest BCUT2D eigenvalue weighted by Gasteiger charge is -2.22. The van der Waals surface area contributed by atoms with Crippen molar-refractivity contribution in [2.24, 2.45) is 0 Å². The molecule has 1 aromatic rings. The third kappa shape index (κ3) is 1.65. The smallest absolute Gasteiger partial charge is 0.248 e. The molecule has 1 atom stereocenters. The molecular weight excluding hydrogens is 224 g/mol. The number of rotatable bonds is 2. The van der Waals surface area contributed by atoms with Crippen molar-refractivity contribution in [3.63, 3.8) is 0 Å². The zero-order valence-corrected chi connectivity index (χ0v) is 9.74. The van der Waals surface area contributed by atoms with Crippen LogP contribution in [0.25, 0.3) is 0 Å². The second kappa shape index (κ2) is 3.80. The highest BCUT2D eigenvalue weighted by atomic mass is 32.2. The summed E-state index contributed by atoms with van der Waals surface area (Å²) in [6, 6.07) is 9.02. The molecule has 16 heavy (non-hydrogen) atoms. The predicted octanol–water partition coefficient (Wildman–Crippen LogP) is 1.29. The molecule has 4 nitrogen and oxygen atoms in total. The summed E-state index contributed by atoms with van der Waals surface area (Å²) in [5.74, 6) is -0.467. The molecule has 0 spiro atoms. The highest BCUT2D eigenvalue weighted by molar-refractivity contribution is 7.93. The van der Waals surface area contributed by atoms with Crippen LogP contribution in [-0.4, -0.2) is 20.2 Å². The molecule has 0 N–H and O–H groups in total. The van der Waals surface area contributed by atoms with Gasteiger partial charge in [0.25, 0.3) is 0 Å². The van der Waals surface area contributed by atoms with Crippen LogP contribution in [0.15, 0.2) is 24.3 Å². The largest absolute Gasteiger partial charge is 0.266 e. The first kappa shape index (κ1) is 11.0. The van der Waals surface area contributed by atoms with E-state index in [4.69, 9.17) is 5.26 Å². The van der Waals surface area contributed by atoms with Crippen LogP contribution in [0.2, 0.25) is 0 Å². The Balaban J connectivity index is 2.48.